The molecule has 152 valence electrons. The lowest BCUT2D eigenvalue weighted by Gasteiger charge is -2.15. The Hall–Kier alpha value is -3.23. The van der Waals surface area contributed by atoms with Crippen LogP contribution >= 0.6 is 11.8 Å². The zero-order chi connectivity index (χ0) is 21.5. The quantitative estimate of drug-likeness (QED) is 0.445. The number of nitrogens with zero attached hydrogens (tertiary/aromatic N) is 1. The number of nitriles is 1. The third kappa shape index (κ3) is 5.22. The van der Waals surface area contributed by atoms with Gasteiger partial charge in [0.2, 0.25) is 0 Å². The first-order chi connectivity index (χ1) is 14.5. The molecule has 0 amide bonds. The van der Waals surface area contributed by atoms with Crippen molar-refractivity contribution in [2.24, 2.45) is 0 Å². The zero-order valence-electron chi connectivity index (χ0n) is 17.0. The summed E-state index contributed by atoms with van der Waals surface area (Å²) in [6.07, 6.45) is 1.48. The number of aromatic hydroxyl groups is 1. The van der Waals surface area contributed by atoms with Gasteiger partial charge < -0.3 is 9.84 Å². The van der Waals surface area contributed by atoms with Crippen LogP contribution in [0.3, 0.4) is 0 Å². The summed E-state index contributed by atoms with van der Waals surface area (Å²) in [5.41, 5.74) is 2.67. The van der Waals surface area contributed by atoms with Crippen molar-refractivity contribution >= 4 is 17.5 Å². The molecule has 0 fully saturated rings. The minimum absolute atomic E-state index is 0.0241. The summed E-state index contributed by atoms with van der Waals surface area (Å²) in [7, 11) is 0. The van der Waals surface area contributed by atoms with Gasteiger partial charge in [0.15, 0.2) is 5.78 Å². The Morgan fingerprint density at radius 2 is 1.67 bits per heavy atom. The molecule has 0 aliphatic carbocycles. The Morgan fingerprint density at radius 1 is 1.03 bits per heavy atom. The molecule has 1 N–H and O–H groups in total. The number of phenols is 1. The van der Waals surface area contributed by atoms with Gasteiger partial charge in [0.05, 0.1) is 17.2 Å². The number of Topliss-reactive ketones (excluding diaryl/α,β-unsaturated/α-hetero) is 1. The van der Waals surface area contributed by atoms with Crippen LogP contribution in [0.2, 0.25) is 0 Å². The van der Waals surface area contributed by atoms with Crippen molar-refractivity contribution < 1.29 is 14.6 Å². The van der Waals surface area contributed by atoms with Gasteiger partial charge in [0.1, 0.15) is 18.1 Å². The first-order valence-electron chi connectivity index (χ1n) is 9.77. The summed E-state index contributed by atoms with van der Waals surface area (Å²) in [5, 5.41) is 19.3. The van der Waals surface area contributed by atoms with E-state index in [-0.39, 0.29) is 11.5 Å². The molecule has 0 aliphatic heterocycles. The van der Waals surface area contributed by atoms with E-state index in [0.29, 0.717) is 35.5 Å². The lowest BCUT2D eigenvalue weighted by Crippen LogP contribution is -2.02. The first-order valence-corrected chi connectivity index (χ1v) is 10.6. The van der Waals surface area contributed by atoms with Gasteiger partial charge in [-0.2, -0.15) is 5.26 Å². The SMILES string of the molecule is CCCc1c(OCc2ccc(Sc3ccc(C#N)cc3)cc2)ccc(C(C)=O)c1O. The average molecular weight is 418 g/mol. The third-order valence-electron chi connectivity index (χ3n) is 4.66. The molecule has 3 rings (SSSR count). The smallest absolute Gasteiger partial charge is 0.163 e. The van der Waals surface area contributed by atoms with Gasteiger partial charge in [0, 0.05) is 15.4 Å². The molecule has 0 aliphatic rings. The minimum Gasteiger partial charge on any atom is -0.507 e. The molecular formula is C25H23NO3S. The molecule has 30 heavy (non-hydrogen) atoms. The van der Waals surface area contributed by atoms with E-state index >= 15 is 0 Å². The maximum absolute atomic E-state index is 11.7. The number of phenolic OH excluding ortho intramolecular Hbond substituents is 1. The van der Waals surface area contributed by atoms with Crippen LogP contribution in [0.25, 0.3) is 0 Å². The van der Waals surface area contributed by atoms with E-state index in [2.05, 4.69) is 6.07 Å². The van der Waals surface area contributed by atoms with Crippen LogP contribution in [0, 0.1) is 11.3 Å². The molecular weight excluding hydrogens is 394 g/mol. The highest BCUT2D eigenvalue weighted by Crippen LogP contribution is 2.34. The van der Waals surface area contributed by atoms with Crippen molar-refractivity contribution in [2.75, 3.05) is 0 Å². The number of carbonyl (C=O) groups is 1. The highest BCUT2D eigenvalue weighted by atomic mass is 32.2. The van der Waals surface area contributed by atoms with Crippen LogP contribution in [0.5, 0.6) is 11.5 Å². The zero-order valence-corrected chi connectivity index (χ0v) is 17.8. The van der Waals surface area contributed by atoms with Crippen LogP contribution < -0.4 is 4.74 Å². The fourth-order valence-corrected chi connectivity index (χ4v) is 3.89. The molecule has 3 aromatic carbocycles. The number of ether oxygens (including phenoxy) is 1. The van der Waals surface area contributed by atoms with Gasteiger partial charge in [0.25, 0.3) is 0 Å². The molecule has 0 atom stereocenters. The van der Waals surface area contributed by atoms with Crippen LogP contribution in [-0.4, -0.2) is 10.9 Å². The van der Waals surface area contributed by atoms with Gasteiger partial charge >= 0.3 is 0 Å². The molecule has 0 radical (unpaired) electrons. The van der Waals surface area contributed by atoms with Gasteiger partial charge in [-0.15, -0.1) is 0 Å². The van der Waals surface area contributed by atoms with E-state index in [9.17, 15) is 9.90 Å². The van der Waals surface area contributed by atoms with Crippen LogP contribution in [0.4, 0.5) is 0 Å². The van der Waals surface area contributed by atoms with Crippen LogP contribution in [0.15, 0.2) is 70.5 Å². The highest BCUT2D eigenvalue weighted by Gasteiger charge is 2.16. The van der Waals surface area contributed by atoms with E-state index in [1.807, 2.05) is 55.5 Å². The Kier molecular flexibility index (Phi) is 7.16. The number of ketones is 1. The Morgan fingerprint density at radius 3 is 2.23 bits per heavy atom. The van der Waals surface area contributed by atoms with Crippen molar-refractivity contribution in [1.82, 2.24) is 0 Å². The predicted molar refractivity (Wildman–Crippen MR) is 118 cm³/mol. The van der Waals surface area contributed by atoms with E-state index in [4.69, 9.17) is 10.00 Å². The number of benzene rings is 3. The number of carbonyl (C=O) groups excluding carboxylic acids is 1. The van der Waals surface area contributed by atoms with Crippen molar-refractivity contribution in [3.63, 3.8) is 0 Å². The third-order valence-corrected chi connectivity index (χ3v) is 5.67. The van der Waals surface area contributed by atoms with Crippen LogP contribution in [-0.2, 0) is 13.0 Å². The monoisotopic (exact) mass is 417 g/mol. The molecule has 0 saturated carbocycles. The molecule has 3 aromatic rings. The molecule has 0 aromatic heterocycles. The molecule has 0 saturated heterocycles. The fourth-order valence-electron chi connectivity index (χ4n) is 3.08. The number of hydrogen-bond acceptors (Lipinski definition) is 5. The normalized spacial score (nSPS) is 10.4. The Balaban J connectivity index is 1.68. The maximum Gasteiger partial charge on any atom is 0.163 e. The Labute approximate surface area is 181 Å². The summed E-state index contributed by atoms with van der Waals surface area (Å²) in [5.74, 6) is 0.471. The summed E-state index contributed by atoms with van der Waals surface area (Å²) in [6, 6.07) is 21.1. The van der Waals surface area contributed by atoms with Crippen molar-refractivity contribution in [2.45, 2.75) is 43.1 Å². The van der Waals surface area contributed by atoms with Gasteiger partial charge in [-0.25, -0.2) is 0 Å². The van der Waals surface area contributed by atoms with Gasteiger partial charge in [-0.05, 0) is 67.4 Å². The van der Waals surface area contributed by atoms with Crippen molar-refractivity contribution in [3.05, 3.63) is 82.9 Å². The lowest BCUT2D eigenvalue weighted by atomic mass is 10.0. The summed E-state index contributed by atoms with van der Waals surface area (Å²) < 4.78 is 5.97. The molecule has 0 unspecified atom stereocenters. The second kappa shape index (κ2) is 10.00. The molecule has 5 heteroatoms. The van der Waals surface area contributed by atoms with E-state index in [1.54, 1.807) is 23.9 Å². The Bertz CT molecular complexity index is 1070. The number of hydrogen-bond donors (Lipinski definition) is 1. The molecule has 0 bridgehead atoms. The number of rotatable bonds is 8. The largest absolute Gasteiger partial charge is 0.507 e. The molecule has 0 spiro atoms. The van der Waals surface area contributed by atoms with E-state index < -0.39 is 0 Å². The van der Waals surface area contributed by atoms with E-state index in [0.717, 1.165) is 21.8 Å². The van der Waals surface area contributed by atoms with Crippen molar-refractivity contribution in [3.8, 4) is 17.6 Å². The standard InChI is InChI=1S/C25H23NO3S/c1-3-4-23-24(14-13-22(17(2)27)25(23)28)29-16-19-7-11-21(12-8-19)30-20-9-5-18(15-26)6-10-20/h5-14,28H,3-4,16H2,1-2H3. The van der Waals surface area contributed by atoms with E-state index in [1.165, 1.54) is 6.92 Å². The topological polar surface area (TPSA) is 70.3 Å². The van der Waals surface area contributed by atoms with Gasteiger partial charge in [-0.3, -0.25) is 4.79 Å². The second-order valence-electron chi connectivity index (χ2n) is 6.92. The first kappa shape index (κ1) is 21.5. The summed E-state index contributed by atoms with van der Waals surface area (Å²) in [6.45, 7) is 3.84. The predicted octanol–water partition coefficient (Wildman–Crippen LogP) is 6.15. The summed E-state index contributed by atoms with van der Waals surface area (Å²) >= 11 is 1.63. The summed E-state index contributed by atoms with van der Waals surface area (Å²) in [4.78, 5) is 13.9. The maximum atomic E-state index is 11.7. The molecule has 0 heterocycles. The molecule has 4 nitrogen and oxygen atoms in total. The lowest BCUT2D eigenvalue weighted by molar-refractivity contribution is 0.101. The van der Waals surface area contributed by atoms with Crippen molar-refractivity contribution in [1.29, 1.82) is 5.26 Å². The fraction of sp³-hybridized carbons (Fsp3) is 0.200. The second-order valence-corrected chi connectivity index (χ2v) is 8.06. The van der Waals surface area contributed by atoms with Gasteiger partial charge in [-0.1, -0.05) is 37.2 Å². The highest BCUT2D eigenvalue weighted by molar-refractivity contribution is 7.99. The van der Waals surface area contributed by atoms with Crippen LogP contribution in [0.1, 0.15) is 47.3 Å². The minimum atomic E-state index is -0.160. The average Bonchev–Trinajstić information content (AvgIpc) is 2.75.